The predicted octanol–water partition coefficient (Wildman–Crippen LogP) is 3.78. The van der Waals surface area contributed by atoms with Gasteiger partial charge in [0.15, 0.2) is 0 Å². The molecule has 1 N–H and O–H groups in total. The van der Waals surface area contributed by atoms with Crippen LogP contribution in [0.3, 0.4) is 0 Å². The molecule has 0 amide bonds. The van der Waals surface area contributed by atoms with Crippen molar-refractivity contribution >= 4 is 27.5 Å². The highest BCUT2D eigenvalue weighted by atomic mass is 32.1. The molecule has 7 heteroatoms. The number of benzene rings is 1. The van der Waals surface area contributed by atoms with Gasteiger partial charge in [-0.1, -0.05) is 29.8 Å². The maximum atomic E-state index is 13.1. The van der Waals surface area contributed by atoms with E-state index in [1.165, 1.54) is 22.2 Å². The van der Waals surface area contributed by atoms with Gasteiger partial charge < -0.3 is 9.52 Å². The number of carboxylic acids is 1. The Morgan fingerprint density at radius 1 is 1.27 bits per heavy atom. The van der Waals surface area contributed by atoms with E-state index in [0.29, 0.717) is 32.9 Å². The Kier molecular flexibility index (Phi) is 3.93. The lowest BCUT2D eigenvalue weighted by molar-refractivity contribution is -0.137. The largest absolute Gasteiger partial charge is 0.480 e. The normalized spacial score (nSPS) is 11.1. The number of aryl methyl sites for hydroxylation is 1. The summed E-state index contributed by atoms with van der Waals surface area (Å²) in [7, 11) is 0. The highest BCUT2D eigenvalue weighted by Gasteiger charge is 2.20. The van der Waals surface area contributed by atoms with E-state index in [0.717, 1.165) is 5.56 Å². The molecule has 3 aromatic heterocycles. The van der Waals surface area contributed by atoms with E-state index in [9.17, 15) is 14.7 Å². The van der Waals surface area contributed by atoms with Crippen LogP contribution in [0.25, 0.3) is 32.9 Å². The second-order valence-electron chi connectivity index (χ2n) is 5.89. The van der Waals surface area contributed by atoms with Gasteiger partial charge in [0.05, 0.1) is 11.6 Å². The quantitative estimate of drug-likeness (QED) is 0.594. The first kappa shape index (κ1) is 16.3. The second kappa shape index (κ2) is 6.27. The summed E-state index contributed by atoms with van der Waals surface area (Å²) in [6.45, 7) is 1.50. The maximum Gasteiger partial charge on any atom is 0.323 e. The lowest BCUT2D eigenvalue weighted by atomic mass is 10.1. The number of aliphatic carboxylic acids is 1. The van der Waals surface area contributed by atoms with E-state index in [-0.39, 0.29) is 5.56 Å². The molecular weight excluding hydrogens is 352 g/mol. The highest BCUT2D eigenvalue weighted by molar-refractivity contribution is 7.17. The molecule has 0 saturated heterocycles. The standard InChI is InChI=1S/C19H14N2O4S/c1-11-4-6-12(7-5-11)17-20-18-16(19(24)21(17)9-15(22)23)13(10-26-18)14-3-2-8-25-14/h2-8,10H,9H2,1H3,(H,22,23). The van der Waals surface area contributed by atoms with E-state index in [4.69, 9.17) is 4.42 Å². The molecule has 0 fully saturated rings. The molecule has 26 heavy (non-hydrogen) atoms. The molecule has 0 saturated carbocycles. The predicted molar refractivity (Wildman–Crippen MR) is 99.4 cm³/mol. The second-order valence-corrected chi connectivity index (χ2v) is 6.75. The van der Waals surface area contributed by atoms with Crippen molar-refractivity contribution in [3.05, 3.63) is 64.0 Å². The van der Waals surface area contributed by atoms with Gasteiger partial charge in [0.2, 0.25) is 0 Å². The van der Waals surface area contributed by atoms with Crippen LogP contribution in [0, 0.1) is 6.92 Å². The molecule has 0 spiro atoms. The van der Waals surface area contributed by atoms with Gasteiger partial charge in [0.25, 0.3) is 5.56 Å². The first-order valence-corrected chi connectivity index (χ1v) is 8.77. The molecule has 4 aromatic rings. The summed E-state index contributed by atoms with van der Waals surface area (Å²) >= 11 is 1.33. The maximum absolute atomic E-state index is 13.1. The van der Waals surface area contributed by atoms with E-state index in [2.05, 4.69) is 4.98 Å². The number of hydrogen-bond acceptors (Lipinski definition) is 5. The minimum absolute atomic E-state index is 0.345. The van der Waals surface area contributed by atoms with Crippen LogP contribution in [0.2, 0.25) is 0 Å². The summed E-state index contributed by atoms with van der Waals surface area (Å²) in [5, 5.41) is 11.5. The molecule has 0 aliphatic heterocycles. The number of carbonyl (C=O) groups is 1. The Hall–Kier alpha value is -3.19. The summed E-state index contributed by atoms with van der Waals surface area (Å²) in [5.41, 5.74) is 2.00. The van der Waals surface area contributed by atoms with E-state index < -0.39 is 12.5 Å². The zero-order valence-corrected chi connectivity index (χ0v) is 14.6. The monoisotopic (exact) mass is 366 g/mol. The van der Waals surface area contributed by atoms with Gasteiger partial charge >= 0.3 is 5.97 Å². The van der Waals surface area contributed by atoms with Crippen LogP contribution >= 0.6 is 11.3 Å². The molecule has 6 nitrogen and oxygen atoms in total. The van der Waals surface area contributed by atoms with Crippen molar-refractivity contribution in [2.75, 3.05) is 0 Å². The van der Waals surface area contributed by atoms with Gasteiger partial charge in [-0.25, -0.2) is 4.98 Å². The van der Waals surface area contributed by atoms with Crippen LogP contribution in [-0.4, -0.2) is 20.6 Å². The fourth-order valence-electron chi connectivity index (χ4n) is 2.84. The van der Waals surface area contributed by atoms with Gasteiger partial charge in [-0.2, -0.15) is 0 Å². The molecule has 0 aliphatic carbocycles. The lowest BCUT2D eigenvalue weighted by Gasteiger charge is -2.11. The minimum atomic E-state index is -1.10. The molecule has 1 aromatic carbocycles. The van der Waals surface area contributed by atoms with Crippen molar-refractivity contribution in [1.29, 1.82) is 0 Å². The van der Waals surface area contributed by atoms with Crippen LogP contribution in [-0.2, 0) is 11.3 Å². The van der Waals surface area contributed by atoms with E-state index >= 15 is 0 Å². The van der Waals surface area contributed by atoms with Gasteiger partial charge in [0, 0.05) is 16.5 Å². The number of nitrogens with zero attached hydrogens (tertiary/aromatic N) is 2. The van der Waals surface area contributed by atoms with Gasteiger partial charge in [-0.3, -0.25) is 14.2 Å². The van der Waals surface area contributed by atoms with Gasteiger partial charge in [-0.15, -0.1) is 11.3 Å². The number of thiophene rings is 1. The zero-order chi connectivity index (χ0) is 18.3. The smallest absolute Gasteiger partial charge is 0.323 e. The lowest BCUT2D eigenvalue weighted by Crippen LogP contribution is -2.26. The molecule has 4 rings (SSSR count). The molecule has 0 unspecified atom stereocenters. The number of hydrogen-bond donors (Lipinski definition) is 1. The summed E-state index contributed by atoms with van der Waals surface area (Å²) < 4.78 is 6.61. The van der Waals surface area contributed by atoms with Gasteiger partial charge in [-0.05, 0) is 19.1 Å². The topological polar surface area (TPSA) is 85.3 Å². The van der Waals surface area contributed by atoms with Crippen molar-refractivity contribution < 1.29 is 14.3 Å². The first-order chi connectivity index (χ1) is 12.5. The number of aromatic nitrogens is 2. The number of rotatable bonds is 4. The molecule has 0 radical (unpaired) electrons. The third-order valence-electron chi connectivity index (χ3n) is 4.08. The number of furan rings is 1. The summed E-state index contributed by atoms with van der Waals surface area (Å²) in [6.07, 6.45) is 1.53. The Balaban J connectivity index is 2.02. The molecule has 0 atom stereocenters. The van der Waals surface area contributed by atoms with Crippen molar-refractivity contribution in [2.24, 2.45) is 0 Å². The zero-order valence-electron chi connectivity index (χ0n) is 13.8. The van der Waals surface area contributed by atoms with Gasteiger partial charge in [0.1, 0.15) is 23.0 Å². The third kappa shape index (κ3) is 2.72. The van der Waals surface area contributed by atoms with Crippen molar-refractivity contribution in [3.8, 4) is 22.7 Å². The van der Waals surface area contributed by atoms with E-state index in [1.54, 1.807) is 12.1 Å². The van der Waals surface area contributed by atoms with Crippen LogP contribution in [0.1, 0.15) is 5.56 Å². The van der Waals surface area contributed by atoms with Crippen LogP contribution < -0.4 is 5.56 Å². The average Bonchev–Trinajstić information content (AvgIpc) is 3.27. The fraction of sp³-hybridized carbons (Fsp3) is 0.105. The average molecular weight is 366 g/mol. The Labute approximate surface area is 152 Å². The molecule has 0 aliphatic rings. The molecule has 130 valence electrons. The van der Waals surface area contributed by atoms with Crippen molar-refractivity contribution in [2.45, 2.75) is 13.5 Å². The molecule has 3 heterocycles. The summed E-state index contributed by atoms with van der Waals surface area (Å²) in [5.74, 6) is -0.200. The molecular formula is C19H14N2O4S. The Morgan fingerprint density at radius 3 is 2.69 bits per heavy atom. The van der Waals surface area contributed by atoms with Crippen LogP contribution in [0.5, 0.6) is 0 Å². The Bertz CT molecular complexity index is 1150. The number of fused-ring (bicyclic) bond motifs is 1. The minimum Gasteiger partial charge on any atom is -0.480 e. The molecule has 0 bridgehead atoms. The third-order valence-corrected chi connectivity index (χ3v) is 4.96. The summed E-state index contributed by atoms with van der Waals surface area (Å²) in [4.78, 5) is 29.6. The Morgan fingerprint density at radius 2 is 2.04 bits per heavy atom. The fourth-order valence-corrected chi connectivity index (χ4v) is 3.76. The van der Waals surface area contributed by atoms with Crippen molar-refractivity contribution in [3.63, 3.8) is 0 Å². The highest BCUT2D eigenvalue weighted by Crippen LogP contribution is 2.32. The van der Waals surface area contributed by atoms with E-state index in [1.807, 2.05) is 36.6 Å². The number of carboxylic acid groups (broad SMARTS) is 1. The summed E-state index contributed by atoms with van der Waals surface area (Å²) in [6, 6.07) is 11.0. The van der Waals surface area contributed by atoms with Crippen LogP contribution in [0.4, 0.5) is 0 Å². The van der Waals surface area contributed by atoms with Crippen LogP contribution in [0.15, 0.2) is 57.3 Å². The first-order valence-electron chi connectivity index (χ1n) is 7.89. The van der Waals surface area contributed by atoms with Crippen molar-refractivity contribution in [1.82, 2.24) is 9.55 Å². The SMILES string of the molecule is Cc1ccc(-c2nc3scc(-c4ccco4)c3c(=O)n2CC(=O)O)cc1.